The van der Waals surface area contributed by atoms with E-state index in [9.17, 15) is 0 Å². The van der Waals surface area contributed by atoms with Gasteiger partial charge in [0, 0.05) is 16.1 Å². The van der Waals surface area contributed by atoms with Gasteiger partial charge < -0.3 is 4.72 Å². The molecule has 0 aliphatic carbocycles. The van der Waals surface area contributed by atoms with Crippen LogP contribution < -0.4 is 4.72 Å². The number of benzene rings is 1. The van der Waals surface area contributed by atoms with E-state index in [0.29, 0.717) is 0 Å². The number of hydrogen-bond donors (Lipinski definition) is 1. The Morgan fingerprint density at radius 1 is 1.36 bits per heavy atom. The van der Waals surface area contributed by atoms with E-state index in [1.54, 1.807) is 11.9 Å². The Balaban J connectivity index is 2.54. The van der Waals surface area contributed by atoms with Crippen LogP contribution in [0.5, 0.6) is 0 Å². The lowest BCUT2D eigenvalue weighted by Gasteiger charge is -2.09. The van der Waals surface area contributed by atoms with E-state index in [2.05, 4.69) is 4.72 Å². The Hall–Kier alpha value is -0.600. The largest absolute Gasteiger partial charge is 0.332 e. The molecule has 1 aliphatic rings. The number of nitrogens with one attached hydrogen (secondary N) is 1. The standard InChI is InChI=1S/C8H6ClNS/c9-7-1-2-8-6(5-7)3-4-10-11-8/h1-5,10H. The number of hydrogen-bond acceptors (Lipinski definition) is 2. The van der Waals surface area contributed by atoms with Crippen molar-refractivity contribution in [1.29, 1.82) is 0 Å². The summed E-state index contributed by atoms with van der Waals surface area (Å²) < 4.78 is 3.05. The molecule has 1 aliphatic heterocycles. The molecule has 3 heteroatoms. The second-order valence-electron chi connectivity index (χ2n) is 2.24. The predicted molar refractivity (Wildman–Crippen MR) is 49.5 cm³/mol. The summed E-state index contributed by atoms with van der Waals surface area (Å²) >= 11 is 7.42. The number of halogens is 1. The van der Waals surface area contributed by atoms with Crippen LogP contribution in [-0.4, -0.2) is 0 Å². The van der Waals surface area contributed by atoms with Crippen molar-refractivity contribution in [3.8, 4) is 0 Å². The highest BCUT2D eigenvalue weighted by Crippen LogP contribution is 2.27. The minimum absolute atomic E-state index is 0.788. The zero-order valence-corrected chi connectivity index (χ0v) is 7.25. The summed E-state index contributed by atoms with van der Waals surface area (Å²) in [5.74, 6) is 0. The molecule has 1 aromatic carbocycles. The zero-order valence-electron chi connectivity index (χ0n) is 5.67. The molecule has 2 rings (SSSR count). The van der Waals surface area contributed by atoms with Gasteiger partial charge in [-0.2, -0.15) is 0 Å². The fourth-order valence-electron chi connectivity index (χ4n) is 0.964. The summed E-state index contributed by atoms with van der Waals surface area (Å²) in [6, 6.07) is 5.87. The Bertz CT molecular complexity index is 309. The third-order valence-corrected chi connectivity index (χ3v) is 2.55. The third kappa shape index (κ3) is 1.37. The molecule has 0 bridgehead atoms. The first-order valence-corrected chi connectivity index (χ1v) is 4.44. The SMILES string of the molecule is Clc1ccc2c(c1)C=CNS2. The molecule has 1 N–H and O–H groups in total. The van der Waals surface area contributed by atoms with Gasteiger partial charge in [0.2, 0.25) is 0 Å². The molecule has 1 nitrogen and oxygen atoms in total. The summed E-state index contributed by atoms with van der Waals surface area (Å²) in [6.45, 7) is 0. The molecule has 0 spiro atoms. The summed E-state index contributed by atoms with van der Waals surface area (Å²) in [6.07, 6.45) is 3.92. The van der Waals surface area contributed by atoms with Crippen molar-refractivity contribution in [1.82, 2.24) is 4.72 Å². The van der Waals surface area contributed by atoms with Crippen LogP contribution in [-0.2, 0) is 0 Å². The normalized spacial score (nSPS) is 13.9. The van der Waals surface area contributed by atoms with Gasteiger partial charge in [-0.3, -0.25) is 0 Å². The van der Waals surface area contributed by atoms with Crippen molar-refractivity contribution in [3.63, 3.8) is 0 Å². The van der Waals surface area contributed by atoms with Crippen LogP contribution >= 0.6 is 23.5 Å². The molecule has 1 heterocycles. The van der Waals surface area contributed by atoms with Gasteiger partial charge in [0.15, 0.2) is 0 Å². The minimum atomic E-state index is 0.788. The van der Waals surface area contributed by atoms with E-state index in [0.717, 1.165) is 5.02 Å². The van der Waals surface area contributed by atoms with E-state index < -0.39 is 0 Å². The summed E-state index contributed by atoms with van der Waals surface area (Å²) in [5, 5.41) is 0.788. The molecule has 0 aromatic heterocycles. The first kappa shape index (κ1) is 7.07. The maximum Gasteiger partial charge on any atom is 0.0412 e. The molecule has 0 saturated heterocycles. The van der Waals surface area contributed by atoms with Gasteiger partial charge in [-0.25, -0.2) is 0 Å². The predicted octanol–water partition coefficient (Wildman–Crippen LogP) is 2.92. The van der Waals surface area contributed by atoms with Crippen LogP contribution in [0.15, 0.2) is 29.3 Å². The monoisotopic (exact) mass is 183 g/mol. The van der Waals surface area contributed by atoms with Gasteiger partial charge in [0.1, 0.15) is 0 Å². The van der Waals surface area contributed by atoms with Gasteiger partial charge in [0.05, 0.1) is 0 Å². The summed E-state index contributed by atoms with van der Waals surface area (Å²) in [7, 11) is 0. The van der Waals surface area contributed by atoms with E-state index >= 15 is 0 Å². The quantitative estimate of drug-likeness (QED) is 0.621. The fourth-order valence-corrected chi connectivity index (χ4v) is 1.79. The van der Waals surface area contributed by atoms with Crippen LogP contribution in [0, 0.1) is 0 Å². The molecule has 0 radical (unpaired) electrons. The molecule has 11 heavy (non-hydrogen) atoms. The molecule has 0 atom stereocenters. The van der Waals surface area contributed by atoms with Crippen molar-refractivity contribution in [2.75, 3.05) is 0 Å². The van der Waals surface area contributed by atoms with Crippen molar-refractivity contribution in [2.45, 2.75) is 4.90 Å². The number of fused-ring (bicyclic) bond motifs is 1. The second kappa shape index (κ2) is 2.80. The smallest absolute Gasteiger partial charge is 0.0412 e. The third-order valence-electron chi connectivity index (χ3n) is 1.47. The number of rotatable bonds is 0. The molecular weight excluding hydrogens is 178 g/mol. The van der Waals surface area contributed by atoms with E-state index in [-0.39, 0.29) is 0 Å². The van der Waals surface area contributed by atoms with Crippen LogP contribution in [0.25, 0.3) is 6.08 Å². The lowest BCUT2D eigenvalue weighted by Crippen LogP contribution is -1.96. The maximum atomic E-state index is 5.81. The van der Waals surface area contributed by atoms with Crippen LogP contribution in [0.2, 0.25) is 5.02 Å². The average molecular weight is 184 g/mol. The molecule has 0 saturated carbocycles. The summed E-state index contributed by atoms with van der Waals surface area (Å²) in [5.41, 5.74) is 1.18. The lowest BCUT2D eigenvalue weighted by molar-refractivity contribution is 1.32. The van der Waals surface area contributed by atoms with Crippen molar-refractivity contribution in [3.05, 3.63) is 35.0 Å². The maximum absolute atomic E-state index is 5.81. The topological polar surface area (TPSA) is 12.0 Å². The first-order valence-electron chi connectivity index (χ1n) is 3.25. The zero-order chi connectivity index (χ0) is 7.68. The molecule has 56 valence electrons. The Morgan fingerprint density at radius 3 is 3.18 bits per heavy atom. The second-order valence-corrected chi connectivity index (χ2v) is 3.55. The van der Waals surface area contributed by atoms with Crippen molar-refractivity contribution >= 4 is 29.6 Å². The molecule has 0 fully saturated rings. The van der Waals surface area contributed by atoms with Crippen LogP contribution in [0.4, 0.5) is 0 Å². The van der Waals surface area contributed by atoms with E-state index in [1.807, 2.05) is 30.5 Å². The highest BCUT2D eigenvalue weighted by molar-refractivity contribution is 7.97. The van der Waals surface area contributed by atoms with Gasteiger partial charge >= 0.3 is 0 Å². The Morgan fingerprint density at radius 2 is 2.27 bits per heavy atom. The fraction of sp³-hybridized carbons (Fsp3) is 0. The highest BCUT2D eigenvalue weighted by atomic mass is 35.5. The van der Waals surface area contributed by atoms with Crippen LogP contribution in [0.3, 0.4) is 0 Å². The Kier molecular flexibility index (Phi) is 1.80. The van der Waals surface area contributed by atoms with Crippen molar-refractivity contribution in [2.24, 2.45) is 0 Å². The highest BCUT2D eigenvalue weighted by Gasteiger charge is 2.03. The lowest BCUT2D eigenvalue weighted by atomic mass is 10.2. The Labute approximate surface area is 74.6 Å². The average Bonchev–Trinajstić information content (AvgIpc) is 2.04. The minimum Gasteiger partial charge on any atom is -0.332 e. The first-order chi connectivity index (χ1) is 5.36. The van der Waals surface area contributed by atoms with Gasteiger partial charge in [-0.15, -0.1) is 0 Å². The van der Waals surface area contributed by atoms with Crippen molar-refractivity contribution < 1.29 is 0 Å². The molecule has 0 amide bonds. The van der Waals surface area contributed by atoms with Gasteiger partial charge in [-0.1, -0.05) is 11.6 Å². The molecular formula is C8H6ClNS. The molecule has 1 aromatic rings. The van der Waals surface area contributed by atoms with E-state index in [1.165, 1.54) is 10.5 Å². The van der Waals surface area contributed by atoms with Gasteiger partial charge in [-0.05, 0) is 41.8 Å². The van der Waals surface area contributed by atoms with E-state index in [4.69, 9.17) is 11.6 Å². The summed E-state index contributed by atoms with van der Waals surface area (Å²) in [4.78, 5) is 1.22. The van der Waals surface area contributed by atoms with Crippen LogP contribution in [0.1, 0.15) is 5.56 Å². The van der Waals surface area contributed by atoms with Gasteiger partial charge in [0.25, 0.3) is 0 Å². The molecule has 0 unspecified atom stereocenters.